The summed E-state index contributed by atoms with van der Waals surface area (Å²) in [7, 11) is 1.73. The molecule has 2 aromatic rings. The first-order valence-electron chi connectivity index (χ1n) is 9.06. The van der Waals surface area contributed by atoms with Crippen LogP contribution in [0.5, 0.6) is 5.75 Å². The fourth-order valence-corrected chi connectivity index (χ4v) is 3.65. The maximum Gasteiger partial charge on any atom is 0.227 e. The fourth-order valence-electron chi connectivity index (χ4n) is 3.65. The highest BCUT2D eigenvalue weighted by Crippen LogP contribution is 2.29. The monoisotopic (exact) mass is 339 g/mol. The number of ether oxygens (including phenoxy) is 1. The minimum Gasteiger partial charge on any atom is -0.495 e. The molecule has 1 aromatic carbocycles. The van der Waals surface area contributed by atoms with Crippen molar-refractivity contribution < 1.29 is 4.74 Å². The molecule has 0 N–H and O–H groups in total. The lowest BCUT2D eigenvalue weighted by atomic mass is 10.2. The standard InChI is InChI=1S/C19H25N5O/c1-25-17-7-3-2-6-16(17)22-12-14-24(15-13-22)19-20-9-8-18(21-19)23-10-4-5-11-23/h2-3,6-9H,4-5,10-15H2,1H3. The van der Waals surface area contributed by atoms with Crippen molar-refractivity contribution >= 4 is 17.5 Å². The molecule has 0 aliphatic carbocycles. The lowest BCUT2D eigenvalue weighted by molar-refractivity contribution is 0.413. The zero-order valence-electron chi connectivity index (χ0n) is 14.8. The van der Waals surface area contributed by atoms with E-state index >= 15 is 0 Å². The van der Waals surface area contributed by atoms with Crippen LogP contribution in [0, 0.1) is 0 Å². The van der Waals surface area contributed by atoms with Crippen LogP contribution in [0.25, 0.3) is 0 Å². The molecule has 0 unspecified atom stereocenters. The van der Waals surface area contributed by atoms with Crippen molar-refractivity contribution in [2.75, 3.05) is 61.1 Å². The molecule has 132 valence electrons. The summed E-state index contributed by atoms with van der Waals surface area (Å²) in [6.07, 6.45) is 4.41. The first-order valence-corrected chi connectivity index (χ1v) is 9.06. The van der Waals surface area contributed by atoms with Gasteiger partial charge in [-0.1, -0.05) is 12.1 Å². The van der Waals surface area contributed by atoms with Gasteiger partial charge in [0.25, 0.3) is 0 Å². The number of hydrogen-bond donors (Lipinski definition) is 0. The molecule has 2 aliphatic rings. The molecule has 4 rings (SSSR count). The summed E-state index contributed by atoms with van der Waals surface area (Å²) >= 11 is 0. The molecule has 0 radical (unpaired) electrons. The summed E-state index contributed by atoms with van der Waals surface area (Å²) < 4.78 is 5.50. The second kappa shape index (κ2) is 7.17. The van der Waals surface area contributed by atoms with E-state index in [1.165, 1.54) is 12.8 Å². The van der Waals surface area contributed by atoms with Crippen molar-refractivity contribution in [3.63, 3.8) is 0 Å². The maximum absolute atomic E-state index is 5.50. The van der Waals surface area contributed by atoms with Gasteiger partial charge in [-0.05, 0) is 31.0 Å². The molecule has 0 amide bonds. The van der Waals surface area contributed by atoms with E-state index in [0.29, 0.717) is 0 Å². The molecular formula is C19H25N5O. The SMILES string of the molecule is COc1ccccc1N1CCN(c2nccc(N3CCCC3)n2)CC1. The van der Waals surface area contributed by atoms with E-state index in [-0.39, 0.29) is 0 Å². The molecule has 3 heterocycles. The normalized spacial score (nSPS) is 17.9. The number of rotatable bonds is 4. The molecule has 2 fully saturated rings. The third-order valence-electron chi connectivity index (χ3n) is 5.05. The molecule has 0 atom stereocenters. The van der Waals surface area contributed by atoms with Gasteiger partial charge in [0.1, 0.15) is 11.6 Å². The van der Waals surface area contributed by atoms with Crippen molar-refractivity contribution in [3.8, 4) is 5.75 Å². The van der Waals surface area contributed by atoms with E-state index in [0.717, 1.165) is 62.5 Å². The second-order valence-corrected chi connectivity index (χ2v) is 6.55. The quantitative estimate of drug-likeness (QED) is 0.852. The van der Waals surface area contributed by atoms with E-state index in [2.05, 4.69) is 31.8 Å². The summed E-state index contributed by atoms with van der Waals surface area (Å²) in [4.78, 5) is 16.3. The Bertz CT molecular complexity index is 708. The summed E-state index contributed by atoms with van der Waals surface area (Å²) in [6.45, 7) is 5.94. The number of methoxy groups -OCH3 is 1. The molecular weight excluding hydrogens is 314 g/mol. The lowest BCUT2D eigenvalue weighted by Gasteiger charge is -2.36. The van der Waals surface area contributed by atoms with E-state index in [1.807, 2.05) is 24.4 Å². The van der Waals surface area contributed by atoms with Crippen molar-refractivity contribution in [2.24, 2.45) is 0 Å². The average molecular weight is 339 g/mol. The minimum atomic E-state index is 0.851. The van der Waals surface area contributed by atoms with Gasteiger partial charge < -0.3 is 19.4 Å². The summed E-state index contributed by atoms with van der Waals surface area (Å²) in [5, 5.41) is 0. The number of hydrogen-bond acceptors (Lipinski definition) is 6. The molecule has 1 aromatic heterocycles. The Morgan fingerprint density at radius 3 is 2.32 bits per heavy atom. The van der Waals surface area contributed by atoms with Gasteiger partial charge in [0, 0.05) is 45.5 Å². The van der Waals surface area contributed by atoms with E-state index < -0.39 is 0 Å². The van der Waals surface area contributed by atoms with Crippen LogP contribution in [-0.2, 0) is 0 Å². The molecule has 0 bridgehead atoms. The highest BCUT2D eigenvalue weighted by Gasteiger charge is 2.22. The molecule has 6 nitrogen and oxygen atoms in total. The van der Waals surface area contributed by atoms with Crippen LogP contribution in [0.15, 0.2) is 36.5 Å². The lowest BCUT2D eigenvalue weighted by Crippen LogP contribution is -2.47. The summed E-state index contributed by atoms with van der Waals surface area (Å²) in [5.41, 5.74) is 1.16. The number of benzene rings is 1. The van der Waals surface area contributed by atoms with Gasteiger partial charge in [-0.2, -0.15) is 4.98 Å². The Morgan fingerprint density at radius 1 is 0.840 bits per heavy atom. The molecule has 25 heavy (non-hydrogen) atoms. The second-order valence-electron chi connectivity index (χ2n) is 6.55. The van der Waals surface area contributed by atoms with Gasteiger partial charge in [0.15, 0.2) is 0 Å². The van der Waals surface area contributed by atoms with E-state index in [1.54, 1.807) is 7.11 Å². The summed E-state index contributed by atoms with van der Waals surface area (Å²) in [6, 6.07) is 10.2. The van der Waals surface area contributed by atoms with Gasteiger partial charge >= 0.3 is 0 Å². The van der Waals surface area contributed by atoms with Crippen LogP contribution < -0.4 is 19.4 Å². The Hall–Kier alpha value is -2.50. The third-order valence-corrected chi connectivity index (χ3v) is 5.05. The highest BCUT2D eigenvalue weighted by molar-refractivity contribution is 5.59. The highest BCUT2D eigenvalue weighted by atomic mass is 16.5. The number of nitrogens with zero attached hydrogens (tertiary/aromatic N) is 5. The van der Waals surface area contributed by atoms with Crippen LogP contribution in [0.4, 0.5) is 17.5 Å². The summed E-state index contributed by atoms with van der Waals surface area (Å²) in [5.74, 6) is 2.85. The first kappa shape index (κ1) is 16.0. The Labute approximate surface area is 149 Å². The molecule has 0 spiro atoms. The maximum atomic E-state index is 5.50. The van der Waals surface area contributed by atoms with Crippen molar-refractivity contribution in [2.45, 2.75) is 12.8 Å². The topological polar surface area (TPSA) is 44.7 Å². The Balaban J connectivity index is 1.44. The average Bonchev–Trinajstić information content (AvgIpc) is 3.23. The molecule has 2 aliphatic heterocycles. The number of aromatic nitrogens is 2. The van der Waals surface area contributed by atoms with Gasteiger partial charge in [-0.25, -0.2) is 4.98 Å². The van der Waals surface area contributed by atoms with Crippen LogP contribution in [-0.4, -0.2) is 56.3 Å². The zero-order chi connectivity index (χ0) is 17.1. The van der Waals surface area contributed by atoms with Gasteiger partial charge in [0.05, 0.1) is 12.8 Å². The fraction of sp³-hybridized carbons (Fsp3) is 0.474. The van der Waals surface area contributed by atoms with Crippen LogP contribution in [0.2, 0.25) is 0 Å². The molecule has 2 saturated heterocycles. The predicted molar refractivity (Wildman–Crippen MR) is 101 cm³/mol. The van der Waals surface area contributed by atoms with Gasteiger partial charge in [0.2, 0.25) is 5.95 Å². The van der Waals surface area contributed by atoms with E-state index in [4.69, 9.17) is 9.72 Å². The number of anilines is 3. The molecule has 6 heteroatoms. The van der Waals surface area contributed by atoms with Crippen LogP contribution in [0.3, 0.4) is 0 Å². The first-order chi connectivity index (χ1) is 12.3. The molecule has 0 saturated carbocycles. The van der Waals surface area contributed by atoms with Crippen LogP contribution >= 0.6 is 0 Å². The van der Waals surface area contributed by atoms with Gasteiger partial charge in [-0.3, -0.25) is 0 Å². The number of piperazine rings is 1. The van der Waals surface area contributed by atoms with Crippen molar-refractivity contribution in [1.82, 2.24) is 9.97 Å². The van der Waals surface area contributed by atoms with Gasteiger partial charge in [-0.15, -0.1) is 0 Å². The third kappa shape index (κ3) is 3.34. The Morgan fingerprint density at radius 2 is 1.56 bits per heavy atom. The smallest absolute Gasteiger partial charge is 0.227 e. The predicted octanol–water partition coefficient (Wildman–Crippen LogP) is 2.41. The van der Waals surface area contributed by atoms with Crippen molar-refractivity contribution in [1.29, 1.82) is 0 Å². The van der Waals surface area contributed by atoms with Crippen molar-refractivity contribution in [3.05, 3.63) is 36.5 Å². The largest absolute Gasteiger partial charge is 0.495 e. The van der Waals surface area contributed by atoms with E-state index in [9.17, 15) is 0 Å². The Kier molecular flexibility index (Phi) is 4.59. The number of para-hydroxylation sites is 2. The minimum absolute atomic E-state index is 0.851. The van der Waals surface area contributed by atoms with Crippen LogP contribution in [0.1, 0.15) is 12.8 Å². The zero-order valence-corrected chi connectivity index (χ0v) is 14.8.